The number of nitrogens with one attached hydrogen (secondary N) is 1. The average molecular weight is 1060 g/mol. The molecule has 0 unspecified atom stereocenters. The second-order valence-electron chi connectivity index (χ2n) is 18.3. The van der Waals surface area contributed by atoms with Gasteiger partial charge in [-0.25, -0.2) is 0 Å². The van der Waals surface area contributed by atoms with Gasteiger partial charge in [-0.1, -0.05) is 30.3 Å². The van der Waals surface area contributed by atoms with Crippen LogP contribution in [0.15, 0.2) is 168 Å². The van der Waals surface area contributed by atoms with E-state index in [1.54, 1.807) is 24.3 Å². The highest BCUT2D eigenvalue weighted by Gasteiger charge is 2.15. The molecule has 0 bridgehead atoms. The fraction of sp³-hybridized carbons (Fsp3) is 0.214. The molecular weight excluding hydrogens is 1010 g/mol. The molecule has 0 aromatic heterocycles. The third-order valence-electron chi connectivity index (χ3n) is 12.1. The third kappa shape index (κ3) is 14.3. The number of rotatable bonds is 20. The molecule has 8 aromatic carbocycles. The minimum atomic E-state index is -4.21. The van der Waals surface area contributed by atoms with Crippen LogP contribution in [0.5, 0.6) is 17.2 Å². The van der Waals surface area contributed by atoms with E-state index in [1.807, 2.05) is 145 Å². The Hall–Kier alpha value is -8.30. The number of nitrogens with zero attached hydrogens (tertiary/aromatic N) is 8. The first kappa shape index (κ1) is 54.0. The second-order valence-corrected chi connectivity index (χ2v) is 21.4. The molecule has 20 heteroatoms. The number of fused-ring (bicyclic) bond motifs is 2. The lowest BCUT2D eigenvalue weighted by Crippen LogP contribution is -2.08. The summed E-state index contributed by atoms with van der Waals surface area (Å²) in [5, 5.41) is 53.9. The molecule has 0 spiro atoms. The van der Waals surface area contributed by atoms with Gasteiger partial charge in [0.1, 0.15) is 22.9 Å². The molecule has 0 aliphatic carbocycles. The van der Waals surface area contributed by atoms with Crippen molar-refractivity contribution in [3.05, 3.63) is 161 Å². The molecule has 0 fully saturated rings. The second kappa shape index (κ2) is 23.5. The number of ether oxygens (including phenoxy) is 2. The number of aryl methyl sites for hydroxylation is 6. The van der Waals surface area contributed by atoms with Crippen molar-refractivity contribution in [3.63, 3.8) is 0 Å². The summed E-state index contributed by atoms with van der Waals surface area (Å²) in [5.74, 6) is -0.0280. The molecule has 390 valence electrons. The molecular formula is C56H55N9O9S2. The highest BCUT2D eigenvalue weighted by Crippen LogP contribution is 2.41. The average Bonchev–Trinajstić information content (AvgIpc) is 3.36. The van der Waals surface area contributed by atoms with Crippen LogP contribution in [0.25, 0.3) is 21.5 Å². The summed E-state index contributed by atoms with van der Waals surface area (Å²) in [4.78, 5) is 0. The van der Waals surface area contributed by atoms with Gasteiger partial charge in [0, 0.05) is 28.2 Å². The quantitative estimate of drug-likeness (QED) is 0.0319. The number of phenols is 1. The maximum absolute atomic E-state index is 11.5. The maximum atomic E-state index is 11.5. The normalized spacial score (nSPS) is 12.3. The van der Waals surface area contributed by atoms with E-state index in [1.165, 1.54) is 0 Å². The van der Waals surface area contributed by atoms with E-state index < -0.39 is 31.7 Å². The predicted molar refractivity (Wildman–Crippen MR) is 297 cm³/mol. The zero-order valence-electron chi connectivity index (χ0n) is 42.6. The van der Waals surface area contributed by atoms with Gasteiger partial charge in [0.05, 0.1) is 58.8 Å². The fourth-order valence-corrected chi connectivity index (χ4v) is 9.01. The van der Waals surface area contributed by atoms with Crippen LogP contribution in [0, 0.1) is 41.5 Å². The van der Waals surface area contributed by atoms with Gasteiger partial charge in [-0.3, -0.25) is 9.11 Å². The number of hydrogen-bond donors (Lipinski definition) is 4. The molecule has 0 aliphatic heterocycles. The molecule has 0 radical (unpaired) electrons. The van der Waals surface area contributed by atoms with Crippen molar-refractivity contribution in [2.24, 2.45) is 40.9 Å². The lowest BCUT2D eigenvalue weighted by atomic mass is 10.1. The van der Waals surface area contributed by atoms with Crippen LogP contribution >= 0.6 is 0 Å². The number of aromatic hydroxyl groups is 1. The topological polar surface area (TPSA) is 258 Å². The molecule has 0 aliphatic rings. The van der Waals surface area contributed by atoms with Crippen molar-refractivity contribution in [2.75, 3.05) is 30.0 Å². The van der Waals surface area contributed by atoms with Gasteiger partial charge in [0.25, 0.3) is 20.2 Å². The lowest BCUT2D eigenvalue weighted by molar-refractivity contribution is 0.317. The number of para-hydroxylation sites is 1. The summed E-state index contributed by atoms with van der Waals surface area (Å²) in [6, 6.07) is 39.3. The standard InChI is InChI=1S/C56H55N9O9S2/c1-34-24-41-32-44(16-17-45(41)54(25-34)73-20-10-22-75(67,68)69)58-60-52-33-55(74-21-11-23-76(70,71)72)53(30-39(52)6)65-64-51-29-37(4)50(28-38(51)5)63-62-49-27-35(2)48(26-36(49)3)61-59-47-19-14-40-31-43(15-18-46(40)56(47)66)57-42-12-8-7-9-13-42/h7-9,12-19,24-33,57,66H,10-11,20-23H2,1-6H3,(H,67,68,69)(H,70,71,72). The van der Waals surface area contributed by atoms with Gasteiger partial charge in [-0.15, -0.1) is 10.2 Å². The van der Waals surface area contributed by atoms with Gasteiger partial charge >= 0.3 is 0 Å². The van der Waals surface area contributed by atoms with Crippen LogP contribution in [0.1, 0.15) is 46.2 Å². The molecule has 4 N–H and O–H groups in total. The Morgan fingerprint density at radius 1 is 0.434 bits per heavy atom. The van der Waals surface area contributed by atoms with E-state index in [9.17, 15) is 26.5 Å². The Morgan fingerprint density at radius 3 is 1.49 bits per heavy atom. The van der Waals surface area contributed by atoms with Crippen LogP contribution in [-0.2, 0) is 20.2 Å². The van der Waals surface area contributed by atoms with E-state index in [-0.39, 0.29) is 37.6 Å². The van der Waals surface area contributed by atoms with Crippen LogP contribution in [0.2, 0.25) is 0 Å². The molecule has 18 nitrogen and oxygen atoms in total. The summed E-state index contributed by atoms with van der Waals surface area (Å²) in [6.07, 6.45) is 0.139. The van der Waals surface area contributed by atoms with Crippen molar-refractivity contribution in [2.45, 2.75) is 54.4 Å². The van der Waals surface area contributed by atoms with Gasteiger partial charge in [0.2, 0.25) is 0 Å². The van der Waals surface area contributed by atoms with Crippen LogP contribution in [0.3, 0.4) is 0 Å². The largest absolute Gasteiger partial charge is 0.505 e. The molecule has 8 aromatic rings. The summed E-state index contributed by atoms with van der Waals surface area (Å²) >= 11 is 0. The SMILES string of the molecule is Cc1cc(OCCCS(=O)(=O)O)c2ccc(N=Nc3cc(OCCCS(=O)(=O)O)c(N=Nc4cc(C)c(N=Nc5cc(C)c(N=Nc6ccc7cc(Nc8ccccc8)ccc7c6O)cc5C)cc4C)cc3C)cc2c1. The summed E-state index contributed by atoms with van der Waals surface area (Å²) < 4.78 is 75.4. The van der Waals surface area contributed by atoms with E-state index in [0.717, 1.165) is 55.4 Å². The lowest BCUT2D eigenvalue weighted by Gasteiger charge is -2.12. The van der Waals surface area contributed by atoms with Crippen LogP contribution < -0.4 is 14.8 Å². The van der Waals surface area contributed by atoms with Crippen LogP contribution in [0.4, 0.5) is 56.9 Å². The van der Waals surface area contributed by atoms with Gasteiger partial charge in [-0.05, 0) is 190 Å². The Kier molecular flexibility index (Phi) is 16.7. The monoisotopic (exact) mass is 1060 g/mol. The highest BCUT2D eigenvalue weighted by molar-refractivity contribution is 7.86. The van der Waals surface area contributed by atoms with Crippen LogP contribution in [-0.4, -0.2) is 55.8 Å². The van der Waals surface area contributed by atoms with Crippen molar-refractivity contribution in [1.29, 1.82) is 0 Å². The Balaban J connectivity index is 0.969. The number of phenolic OH excluding ortho intramolecular Hbond substituents is 1. The number of benzene rings is 8. The van der Waals surface area contributed by atoms with Crippen molar-refractivity contribution >= 4 is 98.7 Å². The van der Waals surface area contributed by atoms with Crippen molar-refractivity contribution in [1.82, 2.24) is 0 Å². The van der Waals surface area contributed by atoms with E-state index in [4.69, 9.17) is 14.0 Å². The summed E-state index contributed by atoms with van der Waals surface area (Å²) in [7, 11) is -8.30. The first-order chi connectivity index (χ1) is 36.2. The summed E-state index contributed by atoms with van der Waals surface area (Å²) in [6.45, 7) is 11.4. The highest BCUT2D eigenvalue weighted by atomic mass is 32.2. The van der Waals surface area contributed by atoms with Gasteiger partial charge in [0.15, 0.2) is 5.75 Å². The van der Waals surface area contributed by atoms with Crippen molar-refractivity contribution < 1.29 is 40.5 Å². The van der Waals surface area contributed by atoms with Gasteiger partial charge in [-0.2, -0.15) is 47.5 Å². The van der Waals surface area contributed by atoms with E-state index >= 15 is 0 Å². The zero-order valence-corrected chi connectivity index (χ0v) is 44.2. The fourth-order valence-electron chi connectivity index (χ4n) is 8.04. The molecule has 0 saturated carbocycles. The minimum absolute atomic E-state index is 0.0127. The predicted octanol–water partition coefficient (Wildman–Crippen LogP) is 16.3. The number of hydrogen-bond acceptors (Lipinski definition) is 16. The smallest absolute Gasteiger partial charge is 0.264 e. The van der Waals surface area contributed by atoms with E-state index in [2.05, 4.69) is 46.2 Å². The molecule has 8 rings (SSSR count). The number of azo groups is 4. The van der Waals surface area contributed by atoms with Crippen molar-refractivity contribution in [3.8, 4) is 17.2 Å². The zero-order chi connectivity index (χ0) is 54.1. The number of anilines is 2. The van der Waals surface area contributed by atoms with E-state index in [0.29, 0.717) is 62.2 Å². The first-order valence-electron chi connectivity index (χ1n) is 24.1. The van der Waals surface area contributed by atoms with Gasteiger partial charge < -0.3 is 19.9 Å². The minimum Gasteiger partial charge on any atom is -0.505 e. The molecule has 0 amide bonds. The Bertz CT molecular complexity index is 3850. The molecule has 0 saturated heterocycles. The Morgan fingerprint density at radius 2 is 0.921 bits per heavy atom. The molecule has 0 heterocycles. The third-order valence-corrected chi connectivity index (χ3v) is 13.7. The Labute approximate surface area is 440 Å². The molecule has 76 heavy (non-hydrogen) atoms. The molecule has 0 atom stereocenters. The summed E-state index contributed by atoms with van der Waals surface area (Å²) in [5.41, 5.74) is 10.8. The maximum Gasteiger partial charge on any atom is 0.264 e. The first-order valence-corrected chi connectivity index (χ1v) is 27.3.